The van der Waals surface area contributed by atoms with E-state index < -0.39 is 0 Å². The molecule has 150 valence electrons. The molecule has 0 unspecified atom stereocenters. The average molecular weight is 406 g/mol. The molecule has 1 heterocycles. The van der Waals surface area contributed by atoms with E-state index in [1.165, 1.54) is 17.3 Å². The Morgan fingerprint density at radius 3 is 2.21 bits per heavy atom. The molecule has 5 heteroatoms. The summed E-state index contributed by atoms with van der Waals surface area (Å²) in [5.41, 5.74) is 3.81. The molecule has 0 N–H and O–H groups in total. The summed E-state index contributed by atoms with van der Waals surface area (Å²) in [6.07, 6.45) is 1.77. The third kappa shape index (κ3) is 5.24. The predicted octanol–water partition coefficient (Wildman–Crippen LogP) is 5.90. The van der Waals surface area contributed by atoms with Gasteiger partial charge >= 0.3 is 0 Å². The maximum Gasteiger partial charge on any atom is 0.258 e. The highest BCUT2D eigenvalue weighted by atomic mass is 32.2. The zero-order chi connectivity index (χ0) is 21.0. The Morgan fingerprint density at radius 1 is 1.00 bits per heavy atom. The van der Waals surface area contributed by atoms with E-state index in [1.54, 1.807) is 11.1 Å². The van der Waals surface area contributed by atoms with Crippen LogP contribution >= 0.6 is 11.8 Å². The molecule has 29 heavy (non-hydrogen) atoms. The summed E-state index contributed by atoms with van der Waals surface area (Å²) in [5, 5.41) is 0.722. The molecule has 0 saturated carbocycles. The normalized spacial score (nSPS) is 11.3. The number of hydrogen-bond acceptors (Lipinski definition) is 4. The van der Waals surface area contributed by atoms with Gasteiger partial charge in [-0.15, -0.1) is 0 Å². The molecule has 0 atom stereocenters. The van der Waals surface area contributed by atoms with Crippen molar-refractivity contribution in [2.24, 2.45) is 0 Å². The molecule has 1 amide bonds. The second kappa shape index (κ2) is 8.78. The number of hydrogen-bond donors (Lipinski definition) is 0. The fraction of sp³-hybridized carbons (Fsp3) is 0.292. The Morgan fingerprint density at radius 2 is 1.66 bits per heavy atom. The van der Waals surface area contributed by atoms with Crippen LogP contribution in [0.3, 0.4) is 0 Å². The van der Waals surface area contributed by atoms with Crippen LogP contribution in [-0.4, -0.2) is 22.4 Å². The van der Waals surface area contributed by atoms with Crippen LogP contribution < -0.4 is 4.90 Å². The number of nitrogens with zero attached hydrogens (tertiary/aromatic N) is 3. The SMILES string of the molecule is CCN(C(=O)c1ccc(C(C)(C)C)cc1)c1ccc(Sc2nccc(C)n2)cc1. The minimum Gasteiger partial charge on any atom is -0.309 e. The van der Waals surface area contributed by atoms with Gasteiger partial charge in [-0.2, -0.15) is 0 Å². The number of amides is 1. The van der Waals surface area contributed by atoms with Gasteiger partial charge in [0.1, 0.15) is 0 Å². The highest BCUT2D eigenvalue weighted by Gasteiger charge is 2.18. The van der Waals surface area contributed by atoms with E-state index in [0.717, 1.165) is 21.4 Å². The Labute approximate surface area is 177 Å². The van der Waals surface area contributed by atoms with Gasteiger partial charge in [-0.1, -0.05) is 32.9 Å². The molecular weight excluding hydrogens is 378 g/mol. The van der Waals surface area contributed by atoms with E-state index >= 15 is 0 Å². The van der Waals surface area contributed by atoms with Gasteiger partial charge in [0.15, 0.2) is 5.16 Å². The van der Waals surface area contributed by atoms with Crippen molar-refractivity contribution in [3.63, 3.8) is 0 Å². The van der Waals surface area contributed by atoms with Gasteiger partial charge in [0.2, 0.25) is 0 Å². The topological polar surface area (TPSA) is 46.1 Å². The quantitative estimate of drug-likeness (QED) is 0.496. The van der Waals surface area contributed by atoms with Crippen molar-refractivity contribution < 1.29 is 4.79 Å². The van der Waals surface area contributed by atoms with E-state index in [0.29, 0.717) is 12.1 Å². The molecule has 3 rings (SSSR count). The lowest BCUT2D eigenvalue weighted by Crippen LogP contribution is -2.30. The molecule has 0 radical (unpaired) electrons. The second-order valence-electron chi connectivity index (χ2n) is 7.95. The zero-order valence-electron chi connectivity index (χ0n) is 17.6. The number of anilines is 1. The molecule has 0 aliphatic rings. The Balaban J connectivity index is 1.76. The van der Waals surface area contributed by atoms with Crippen LogP contribution in [0.25, 0.3) is 0 Å². The summed E-state index contributed by atoms with van der Waals surface area (Å²) in [5.74, 6) is 0.00961. The van der Waals surface area contributed by atoms with Gasteiger partial charge in [-0.25, -0.2) is 9.97 Å². The summed E-state index contributed by atoms with van der Waals surface area (Å²) < 4.78 is 0. The molecule has 2 aromatic carbocycles. The fourth-order valence-corrected chi connectivity index (χ4v) is 3.77. The zero-order valence-corrected chi connectivity index (χ0v) is 18.5. The highest BCUT2D eigenvalue weighted by Crippen LogP contribution is 2.28. The summed E-state index contributed by atoms with van der Waals surface area (Å²) in [6, 6.07) is 17.8. The van der Waals surface area contributed by atoms with Crippen molar-refractivity contribution >= 4 is 23.4 Å². The smallest absolute Gasteiger partial charge is 0.258 e. The first-order valence-corrected chi connectivity index (χ1v) is 10.6. The summed E-state index contributed by atoms with van der Waals surface area (Å²) in [7, 11) is 0. The molecule has 0 aliphatic heterocycles. The first-order valence-electron chi connectivity index (χ1n) is 9.78. The second-order valence-corrected chi connectivity index (χ2v) is 8.99. The number of carbonyl (C=O) groups is 1. The van der Waals surface area contributed by atoms with Crippen molar-refractivity contribution in [3.05, 3.63) is 77.6 Å². The van der Waals surface area contributed by atoms with E-state index in [2.05, 4.69) is 30.7 Å². The maximum absolute atomic E-state index is 13.1. The number of aromatic nitrogens is 2. The van der Waals surface area contributed by atoms with Crippen LogP contribution in [0.5, 0.6) is 0 Å². The minimum absolute atomic E-state index is 0.00961. The van der Waals surface area contributed by atoms with Crippen LogP contribution in [-0.2, 0) is 5.41 Å². The molecule has 0 spiro atoms. The van der Waals surface area contributed by atoms with Crippen molar-refractivity contribution in [2.75, 3.05) is 11.4 Å². The maximum atomic E-state index is 13.1. The predicted molar refractivity (Wildman–Crippen MR) is 120 cm³/mol. The fourth-order valence-electron chi connectivity index (χ4n) is 2.99. The lowest BCUT2D eigenvalue weighted by molar-refractivity contribution is 0.0988. The molecule has 0 saturated heterocycles. The highest BCUT2D eigenvalue weighted by molar-refractivity contribution is 7.99. The van der Waals surface area contributed by atoms with Crippen LogP contribution in [0.1, 0.15) is 49.3 Å². The van der Waals surface area contributed by atoms with Crippen LogP contribution in [0.15, 0.2) is 70.8 Å². The third-order valence-corrected chi connectivity index (χ3v) is 5.58. The van der Waals surface area contributed by atoms with Gasteiger partial charge in [0, 0.05) is 34.6 Å². The number of carbonyl (C=O) groups excluding carboxylic acids is 1. The van der Waals surface area contributed by atoms with Gasteiger partial charge in [-0.05, 0) is 79.1 Å². The number of benzene rings is 2. The van der Waals surface area contributed by atoms with Crippen LogP contribution in [0.2, 0.25) is 0 Å². The first kappa shape index (κ1) is 21.1. The van der Waals surface area contributed by atoms with Crippen LogP contribution in [0, 0.1) is 6.92 Å². The lowest BCUT2D eigenvalue weighted by Gasteiger charge is -2.23. The van der Waals surface area contributed by atoms with E-state index in [-0.39, 0.29) is 11.3 Å². The van der Waals surface area contributed by atoms with Crippen molar-refractivity contribution in [1.29, 1.82) is 0 Å². The Bertz CT molecular complexity index is 976. The molecule has 3 aromatic rings. The molecule has 0 bridgehead atoms. The minimum atomic E-state index is 0.00961. The van der Waals surface area contributed by atoms with Crippen molar-refractivity contribution in [1.82, 2.24) is 9.97 Å². The number of aryl methyl sites for hydroxylation is 1. The Hall–Kier alpha value is -2.66. The molecule has 1 aromatic heterocycles. The number of rotatable bonds is 5. The molecule has 4 nitrogen and oxygen atoms in total. The summed E-state index contributed by atoms with van der Waals surface area (Å²) in [4.78, 5) is 24.6. The molecular formula is C24H27N3OS. The standard InChI is InChI=1S/C24H27N3OS/c1-6-27(22(28)18-7-9-19(10-8-18)24(3,4)5)20-11-13-21(14-12-20)29-23-25-16-15-17(2)26-23/h7-16H,6H2,1-5H3. The monoisotopic (exact) mass is 405 g/mol. The third-order valence-electron chi connectivity index (χ3n) is 4.69. The molecule has 0 fully saturated rings. The van der Waals surface area contributed by atoms with E-state index in [1.807, 2.05) is 68.4 Å². The van der Waals surface area contributed by atoms with Gasteiger partial charge in [0.05, 0.1) is 0 Å². The summed E-state index contributed by atoms with van der Waals surface area (Å²) in [6.45, 7) is 11.1. The summed E-state index contributed by atoms with van der Waals surface area (Å²) >= 11 is 1.51. The van der Waals surface area contributed by atoms with E-state index in [9.17, 15) is 4.79 Å². The van der Waals surface area contributed by atoms with Crippen molar-refractivity contribution in [2.45, 2.75) is 50.1 Å². The van der Waals surface area contributed by atoms with Gasteiger partial charge in [-0.3, -0.25) is 4.79 Å². The van der Waals surface area contributed by atoms with Crippen molar-refractivity contribution in [3.8, 4) is 0 Å². The lowest BCUT2D eigenvalue weighted by atomic mass is 9.86. The van der Waals surface area contributed by atoms with E-state index in [4.69, 9.17) is 0 Å². The van der Waals surface area contributed by atoms with Gasteiger partial charge < -0.3 is 4.90 Å². The first-order chi connectivity index (χ1) is 13.8. The van der Waals surface area contributed by atoms with Crippen LogP contribution in [0.4, 0.5) is 5.69 Å². The average Bonchev–Trinajstić information content (AvgIpc) is 2.69. The Kier molecular flexibility index (Phi) is 6.38. The van der Waals surface area contributed by atoms with Gasteiger partial charge in [0.25, 0.3) is 5.91 Å². The molecule has 0 aliphatic carbocycles. The largest absolute Gasteiger partial charge is 0.309 e.